The van der Waals surface area contributed by atoms with Gasteiger partial charge in [-0.25, -0.2) is 4.39 Å². The van der Waals surface area contributed by atoms with Gasteiger partial charge in [0, 0.05) is 0 Å². The van der Waals surface area contributed by atoms with Crippen LogP contribution in [0.1, 0.15) is 38.5 Å². The summed E-state index contributed by atoms with van der Waals surface area (Å²) in [6.45, 7) is -0.295. The molecule has 1 rings (SSSR count). The fourth-order valence-electron chi connectivity index (χ4n) is 1.86. The Bertz CT molecular complexity index is 99.7. The molecule has 0 radical (unpaired) electrons. The highest BCUT2D eigenvalue weighted by Crippen LogP contribution is 2.27. The normalized spacial score (nSPS) is 23.5. The van der Waals surface area contributed by atoms with Crippen molar-refractivity contribution in [2.75, 3.05) is 6.61 Å². The van der Waals surface area contributed by atoms with Crippen molar-refractivity contribution in [3.63, 3.8) is 0 Å². The van der Waals surface area contributed by atoms with Gasteiger partial charge in [0.2, 0.25) is 0 Å². The first-order valence-electron chi connectivity index (χ1n) is 4.58. The monoisotopic (exact) mass is 160 g/mol. The van der Waals surface area contributed by atoms with Crippen molar-refractivity contribution < 1.29 is 9.50 Å². The lowest BCUT2D eigenvalue weighted by Gasteiger charge is -2.22. The summed E-state index contributed by atoms with van der Waals surface area (Å²) in [6.07, 6.45) is 5.76. The van der Waals surface area contributed by atoms with Gasteiger partial charge in [-0.1, -0.05) is 32.1 Å². The van der Waals surface area contributed by atoms with Crippen molar-refractivity contribution in [3.8, 4) is 0 Å². The van der Waals surface area contributed by atoms with Crippen LogP contribution in [0.15, 0.2) is 0 Å². The van der Waals surface area contributed by atoms with Crippen molar-refractivity contribution >= 4 is 0 Å². The molecule has 0 aromatic rings. The molecule has 0 heterocycles. The minimum atomic E-state index is -0.974. The maximum atomic E-state index is 12.7. The second-order valence-electron chi connectivity index (χ2n) is 3.52. The van der Waals surface area contributed by atoms with E-state index >= 15 is 0 Å². The molecule has 0 aromatic carbocycles. The molecular weight excluding hydrogens is 143 g/mol. The van der Waals surface area contributed by atoms with Gasteiger partial charge in [0.25, 0.3) is 0 Å². The molecule has 1 aliphatic rings. The first-order chi connectivity index (χ1) is 5.33. The number of hydrogen-bond acceptors (Lipinski definition) is 1. The highest BCUT2D eigenvalue weighted by atomic mass is 19.1. The molecule has 0 aliphatic heterocycles. The van der Waals surface area contributed by atoms with E-state index < -0.39 is 6.17 Å². The molecule has 0 bridgehead atoms. The van der Waals surface area contributed by atoms with Gasteiger partial charge in [-0.2, -0.15) is 0 Å². The number of hydrogen-bond donors (Lipinski definition) is 1. The first-order valence-corrected chi connectivity index (χ1v) is 4.58. The van der Waals surface area contributed by atoms with Gasteiger partial charge in [-0.15, -0.1) is 0 Å². The van der Waals surface area contributed by atoms with Crippen molar-refractivity contribution in [1.29, 1.82) is 0 Å². The lowest BCUT2D eigenvalue weighted by Crippen LogP contribution is -2.15. The predicted molar refractivity (Wildman–Crippen MR) is 43.2 cm³/mol. The van der Waals surface area contributed by atoms with Crippen molar-refractivity contribution in [2.24, 2.45) is 5.92 Å². The number of aliphatic hydroxyl groups excluding tert-OH is 1. The Kier molecular flexibility index (Phi) is 3.84. The zero-order valence-electron chi connectivity index (χ0n) is 6.93. The van der Waals surface area contributed by atoms with Crippen LogP contribution in [0, 0.1) is 5.92 Å². The molecule has 2 heteroatoms. The van der Waals surface area contributed by atoms with Crippen molar-refractivity contribution in [3.05, 3.63) is 0 Å². The number of alkyl halides is 1. The van der Waals surface area contributed by atoms with Gasteiger partial charge in [0.1, 0.15) is 6.17 Å². The Hall–Kier alpha value is -0.110. The number of rotatable bonds is 3. The molecule has 0 aromatic heterocycles. The highest BCUT2D eigenvalue weighted by Gasteiger charge is 2.17. The Morgan fingerprint density at radius 1 is 1.27 bits per heavy atom. The summed E-state index contributed by atoms with van der Waals surface area (Å²) in [7, 11) is 0. The molecule has 1 N–H and O–H groups in total. The van der Waals surface area contributed by atoms with Gasteiger partial charge in [-0.05, 0) is 12.3 Å². The Morgan fingerprint density at radius 2 is 1.91 bits per heavy atom. The lowest BCUT2D eigenvalue weighted by molar-refractivity contribution is 0.142. The predicted octanol–water partition coefficient (Wildman–Crippen LogP) is 2.29. The molecule has 1 fully saturated rings. The average molecular weight is 160 g/mol. The van der Waals surface area contributed by atoms with E-state index in [1.54, 1.807) is 0 Å². The molecule has 0 spiro atoms. The molecular formula is C9H17FO. The molecule has 1 saturated carbocycles. The second kappa shape index (κ2) is 4.70. The summed E-state index contributed by atoms with van der Waals surface area (Å²) in [5.41, 5.74) is 0. The second-order valence-corrected chi connectivity index (χ2v) is 3.52. The van der Waals surface area contributed by atoms with Crippen LogP contribution >= 0.6 is 0 Å². The molecule has 0 unspecified atom stereocenters. The molecule has 1 nitrogen and oxygen atoms in total. The van der Waals surface area contributed by atoms with Crippen LogP contribution in [0.5, 0.6) is 0 Å². The third-order valence-corrected chi connectivity index (χ3v) is 2.51. The van der Waals surface area contributed by atoms with Crippen molar-refractivity contribution in [2.45, 2.75) is 44.7 Å². The van der Waals surface area contributed by atoms with Gasteiger partial charge < -0.3 is 5.11 Å². The third-order valence-electron chi connectivity index (χ3n) is 2.51. The zero-order valence-corrected chi connectivity index (χ0v) is 6.93. The molecule has 0 saturated heterocycles. The summed E-state index contributed by atoms with van der Waals surface area (Å²) in [5.74, 6) is 0.547. The standard InChI is InChI=1S/C9H17FO/c10-9(7-11)6-8-4-2-1-3-5-8/h8-9,11H,1-7H2/t9-/m0/s1. The Morgan fingerprint density at radius 3 is 2.45 bits per heavy atom. The average Bonchev–Trinajstić information content (AvgIpc) is 2.06. The van der Waals surface area contributed by atoms with Crippen LogP contribution in [0.4, 0.5) is 4.39 Å². The van der Waals surface area contributed by atoms with Gasteiger partial charge >= 0.3 is 0 Å². The molecule has 0 amide bonds. The summed E-state index contributed by atoms with van der Waals surface area (Å²) in [4.78, 5) is 0. The van der Waals surface area contributed by atoms with E-state index in [2.05, 4.69) is 0 Å². The van der Waals surface area contributed by atoms with E-state index in [0.29, 0.717) is 12.3 Å². The van der Waals surface area contributed by atoms with Crippen LogP contribution in [-0.4, -0.2) is 17.9 Å². The van der Waals surface area contributed by atoms with Crippen LogP contribution in [0.25, 0.3) is 0 Å². The number of aliphatic hydroxyl groups is 1. The van der Waals surface area contributed by atoms with E-state index in [0.717, 1.165) is 0 Å². The maximum absolute atomic E-state index is 12.7. The van der Waals surface area contributed by atoms with E-state index in [9.17, 15) is 4.39 Å². The zero-order chi connectivity index (χ0) is 8.10. The van der Waals surface area contributed by atoms with Gasteiger partial charge in [0.15, 0.2) is 0 Å². The number of halogens is 1. The summed E-state index contributed by atoms with van der Waals surface area (Å²) >= 11 is 0. The summed E-state index contributed by atoms with van der Waals surface area (Å²) < 4.78 is 12.7. The molecule has 1 atom stereocenters. The highest BCUT2D eigenvalue weighted by molar-refractivity contribution is 4.69. The maximum Gasteiger partial charge on any atom is 0.123 e. The van der Waals surface area contributed by atoms with Gasteiger partial charge in [0.05, 0.1) is 6.61 Å². The van der Waals surface area contributed by atoms with Crippen LogP contribution < -0.4 is 0 Å². The van der Waals surface area contributed by atoms with E-state index in [4.69, 9.17) is 5.11 Å². The van der Waals surface area contributed by atoms with Gasteiger partial charge in [-0.3, -0.25) is 0 Å². The minimum absolute atomic E-state index is 0.295. The minimum Gasteiger partial charge on any atom is -0.393 e. The first kappa shape index (κ1) is 8.98. The lowest BCUT2D eigenvalue weighted by atomic mass is 9.86. The van der Waals surface area contributed by atoms with Crippen LogP contribution in [0.3, 0.4) is 0 Å². The Labute approximate surface area is 67.6 Å². The van der Waals surface area contributed by atoms with E-state index in [1.807, 2.05) is 0 Å². The van der Waals surface area contributed by atoms with Crippen LogP contribution in [0.2, 0.25) is 0 Å². The smallest absolute Gasteiger partial charge is 0.123 e. The topological polar surface area (TPSA) is 20.2 Å². The molecule has 1 aliphatic carbocycles. The fraction of sp³-hybridized carbons (Fsp3) is 1.00. The quantitative estimate of drug-likeness (QED) is 0.671. The van der Waals surface area contributed by atoms with E-state index in [-0.39, 0.29) is 6.61 Å². The largest absolute Gasteiger partial charge is 0.393 e. The Balaban J connectivity index is 2.13. The molecule has 11 heavy (non-hydrogen) atoms. The summed E-state index contributed by atoms with van der Waals surface area (Å²) in [5, 5.41) is 8.49. The SMILES string of the molecule is OC[C@@H](F)CC1CCCCC1. The summed E-state index contributed by atoms with van der Waals surface area (Å²) in [6, 6.07) is 0. The van der Waals surface area contributed by atoms with E-state index in [1.165, 1.54) is 32.1 Å². The van der Waals surface area contributed by atoms with Crippen LogP contribution in [-0.2, 0) is 0 Å². The third kappa shape index (κ3) is 3.19. The fourth-order valence-corrected chi connectivity index (χ4v) is 1.86. The van der Waals surface area contributed by atoms with Crippen molar-refractivity contribution in [1.82, 2.24) is 0 Å². The molecule has 66 valence electrons.